The Balaban J connectivity index is 1.60. The van der Waals surface area contributed by atoms with Gasteiger partial charge in [0.2, 0.25) is 0 Å². The van der Waals surface area contributed by atoms with Crippen molar-refractivity contribution in [3.63, 3.8) is 0 Å². The summed E-state index contributed by atoms with van der Waals surface area (Å²) in [6, 6.07) is 9.87. The summed E-state index contributed by atoms with van der Waals surface area (Å²) in [6.45, 7) is 4.39. The number of carbonyl (C=O) groups is 1. The zero-order valence-corrected chi connectivity index (χ0v) is 12.3. The molecule has 1 aromatic heterocycles. The lowest BCUT2D eigenvalue weighted by molar-refractivity contribution is 0.0919. The first-order valence-electron chi connectivity index (χ1n) is 7.21. The van der Waals surface area contributed by atoms with Crippen molar-refractivity contribution >= 4 is 5.91 Å². The molecule has 0 bridgehead atoms. The highest BCUT2D eigenvalue weighted by molar-refractivity contribution is 5.91. The normalized spacial score (nSPS) is 14.0. The van der Waals surface area contributed by atoms with E-state index in [9.17, 15) is 4.79 Å². The molecule has 4 nitrogen and oxygen atoms in total. The minimum Gasteiger partial charge on any atom is -0.486 e. The molecule has 1 heterocycles. The van der Waals surface area contributed by atoms with E-state index in [1.165, 1.54) is 0 Å². The largest absolute Gasteiger partial charge is 0.486 e. The Morgan fingerprint density at radius 2 is 1.95 bits per heavy atom. The maximum atomic E-state index is 11.8. The minimum absolute atomic E-state index is 0.143. The van der Waals surface area contributed by atoms with Crippen molar-refractivity contribution in [2.75, 3.05) is 0 Å². The molecule has 21 heavy (non-hydrogen) atoms. The van der Waals surface area contributed by atoms with Crippen molar-refractivity contribution in [3.05, 3.63) is 53.0 Å². The van der Waals surface area contributed by atoms with Gasteiger partial charge < -0.3 is 14.5 Å². The molecule has 1 aliphatic carbocycles. The summed E-state index contributed by atoms with van der Waals surface area (Å²) < 4.78 is 11.2. The van der Waals surface area contributed by atoms with Crippen LogP contribution in [0.15, 0.2) is 34.7 Å². The first-order chi connectivity index (χ1) is 10.1. The van der Waals surface area contributed by atoms with Gasteiger partial charge >= 0.3 is 0 Å². The molecule has 0 saturated heterocycles. The molecule has 110 valence electrons. The highest BCUT2D eigenvalue weighted by Crippen LogP contribution is 2.21. The van der Waals surface area contributed by atoms with E-state index in [0.717, 1.165) is 29.7 Å². The molecule has 0 radical (unpaired) electrons. The third-order valence-electron chi connectivity index (χ3n) is 3.37. The molecule has 4 heteroatoms. The number of ether oxygens (including phenoxy) is 1. The van der Waals surface area contributed by atoms with E-state index in [0.29, 0.717) is 24.2 Å². The molecule has 1 aromatic carbocycles. The van der Waals surface area contributed by atoms with E-state index in [4.69, 9.17) is 9.15 Å². The fraction of sp³-hybridized carbons (Fsp3) is 0.353. The average molecular weight is 285 g/mol. The van der Waals surface area contributed by atoms with E-state index in [2.05, 4.69) is 11.4 Å². The van der Waals surface area contributed by atoms with Crippen LogP contribution in [0.25, 0.3) is 0 Å². The van der Waals surface area contributed by atoms with Gasteiger partial charge in [-0.3, -0.25) is 4.79 Å². The Morgan fingerprint density at radius 3 is 2.62 bits per heavy atom. The second kappa shape index (κ2) is 5.64. The summed E-state index contributed by atoms with van der Waals surface area (Å²) >= 11 is 0. The Bertz CT molecular complexity index is 636. The number of carbonyl (C=O) groups excluding carboxylic acids is 1. The summed E-state index contributed by atoms with van der Waals surface area (Å²) in [7, 11) is 0. The van der Waals surface area contributed by atoms with Crippen LogP contribution < -0.4 is 10.1 Å². The quantitative estimate of drug-likeness (QED) is 0.916. The van der Waals surface area contributed by atoms with Gasteiger partial charge in [-0.05, 0) is 62.1 Å². The van der Waals surface area contributed by atoms with Gasteiger partial charge in [-0.15, -0.1) is 0 Å². The molecule has 1 aliphatic rings. The van der Waals surface area contributed by atoms with Crippen LogP contribution in [0.1, 0.15) is 40.3 Å². The number of hydrogen-bond acceptors (Lipinski definition) is 3. The van der Waals surface area contributed by atoms with Crippen molar-refractivity contribution in [1.82, 2.24) is 5.32 Å². The fourth-order valence-corrected chi connectivity index (χ4v) is 2.23. The molecule has 0 aliphatic heterocycles. The summed E-state index contributed by atoms with van der Waals surface area (Å²) in [4.78, 5) is 11.8. The number of aryl methyl sites for hydroxylation is 2. The Hall–Kier alpha value is -2.23. The molecule has 2 aromatic rings. The van der Waals surface area contributed by atoms with Gasteiger partial charge in [0.25, 0.3) is 5.91 Å². The molecule has 1 fully saturated rings. The van der Waals surface area contributed by atoms with Crippen LogP contribution in [0, 0.1) is 13.8 Å². The topological polar surface area (TPSA) is 51.5 Å². The molecule has 0 atom stereocenters. The standard InChI is InChI=1S/C17H19NO3/c1-11-7-12(2)9-15(8-11)20-10-14-5-6-16(21-14)17(19)18-13-3-4-13/h5-9,13H,3-4,10H2,1-2H3,(H,18,19). The van der Waals surface area contributed by atoms with Crippen LogP contribution in [-0.2, 0) is 6.61 Å². The monoisotopic (exact) mass is 285 g/mol. The molecule has 3 rings (SSSR count). The maximum Gasteiger partial charge on any atom is 0.287 e. The number of furan rings is 1. The Labute approximate surface area is 124 Å². The van der Waals surface area contributed by atoms with Gasteiger partial charge in [0.1, 0.15) is 18.1 Å². The summed E-state index contributed by atoms with van der Waals surface area (Å²) in [5.41, 5.74) is 2.32. The summed E-state index contributed by atoms with van der Waals surface area (Å²) in [5, 5.41) is 2.90. The number of hydrogen-bond donors (Lipinski definition) is 1. The van der Waals surface area contributed by atoms with E-state index in [1.807, 2.05) is 26.0 Å². The zero-order chi connectivity index (χ0) is 14.8. The van der Waals surface area contributed by atoms with Gasteiger partial charge in [0.05, 0.1) is 0 Å². The fourth-order valence-electron chi connectivity index (χ4n) is 2.23. The molecular weight excluding hydrogens is 266 g/mol. The highest BCUT2D eigenvalue weighted by Gasteiger charge is 2.25. The van der Waals surface area contributed by atoms with E-state index >= 15 is 0 Å². The highest BCUT2D eigenvalue weighted by atomic mass is 16.5. The van der Waals surface area contributed by atoms with Crippen LogP contribution in [0.4, 0.5) is 0 Å². The van der Waals surface area contributed by atoms with E-state index < -0.39 is 0 Å². The van der Waals surface area contributed by atoms with Crippen LogP contribution in [-0.4, -0.2) is 11.9 Å². The van der Waals surface area contributed by atoms with Crippen molar-refractivity contribution in [3.8, 4) is 5.75 Å². The summed E-state index contributed by atoms with van der Waals surface area (Å²) in [6.07, 6.45) is 2.13. The third-order valence-corrected chi connectivity index (χ3v) is 3.37. The van der Waals surface area contributed by atoms with Crippen molar-refractivity contribution in [1.29, 1.82) is 0 Å². The molecule has 1 N–H and O–H groups in total. The lowest BCUT2D eigenvalue weighted by atomic mass is 10.1. The van der Waals surface area contributed by atoms with E-state index in [1.54, 1.807) is 12.1 Å². The summed E-state index contributed by atoms with van der Waals surface area (Å²) in [5.74, 6) is 1.67. The van der Waals surface area contributed by atoms with Crippen molar-refractivity contribution < 1.29 is 13.9 Å². The molecular formula is C17H19NO3. The van der Waals surface area contributed by atoms with Crippen LogP contribution in [0.3, 0.4) is 0 Å². The third kappa shape index (κ3) is 3.66. The van der Waals surface area contributed by atoms with Gasteiger partial charge in [-0.2, -0.15) is 0 Å². The molecule has 0 spiro atoms. The number of rotatable bonds is 5. The first kappa shape index (κ1) is 13.7. The first-order valence-corrected chi connectivity index (χ1v) is 7.21. The van der Waals surface area contributed by atoms with Gasteiger partial charge in [0, 0.05) is 6.04 Å². The molecule has 1 amide bonds. The molecule has 1 saturated carbocycles. The average Bonchev–Trinajstić information content (AvgIpc) is 3.10. The molecule has 0 unspecified atom stereocenters. The second-order valence-electron chi connectivity index (χ2n) is 5.63. The van der Waals surface area contributed by atoms with Crippen LogP contribution >= 0.6 is 0 Å². The van der Waals surface area contributed by atoms with E-state index in [-0.39, 0.29) is 5.91 Å². The van der Waals surface area contributed by atoms with Gasteiger partial charge in [0.15, 0.2) is 5.76 Å². The number of nitrogens with one attached hydrogen (secondary N) is 1. The zero-order valence-electron chi connectivity index (χ0n) is 12.3. The van der Waals surface area contributed by atoms with Crippen molar-refractivity contribution in [2.24, 2.45) is 0 Å². The smallest absolute Gasteiger partial charge is 0.287 e. The SMILES string of the molecule is Cc1cc(C)cc(OCc2ccc(C(=O)NC3CC3)o2)c1. The number of amides is 1. The van der Waals surface area contributed by atoms with Crippen LogP contribution in [0.5, 0.6) is 5.75 Å². The predicted molar refractivity (Wildman–Crippen MR) is 79.4 cm³/mol. The minimum atomic E-state index is -0.143. The predicted octanol–water partition coefficient (Wildman–Crippen LogP) is 3.37. The van der Waals surface area contributed by atoms with Gasteiger partial charge in [-0.1, -0.05) is 6.07 Å². The Kier molecular flexibility index (Phi) is 3.69. The second-order valence-corrected chi connectivity index (χ2v) is 5.63. The van der Waals surface area contributed by atoms with Crippen LogP contribution in [0.2, 0.25) is 0 Å². The van der Waals surface area contributed by atoms with Gasteiger partial charge in [-0.25, -0.2) is 0 Å². The lowest BCUT2D eigenvalue weighted by Gasteiger charge is -2.06. The maximum absolute atomic E-state index is 11.8. The number of benzene rings is 1. The van der Waals surface area contributed by atoms with Crippen molar-refractivity contribution in [2.45, 2.75) is 39.3 Å². The lowest BCUT2D eigenvalue weighted by Crippen LogP contribution is -2.24. The Morgan fingerprint density at radius 1 is 1.24 bits per heavy atom.